The van der Waals surface area contributed by atoms with Crippen LogP contribution in [0, 0.1) is 0 Å². The van der Waals surface area contributed by atoms with Crippen molar-refractivity contribution < 1.29 is 9.90 Å². The van der Waals surface area contributed by atoms with Crippen LogP contribution in [0.3, 0.4) is 0 Å². The molecule has 3 heteroatoms. The van der Waals surface area contributed by atoms with Gasteiger partial charge in [0, 0.05) is 12.4 Å². The zero-order valence-corrected chi connectivity index (χ0v) is 11.3. The van der Waals surface area contributed by atoms with Crippen LogP contribution in [0.25, 0.3) is 10.9 Å². The van der Waals surface area contributed by atoms with Crippen LogP contribution in [-0.2, 0) is 13.5 Å². The molecular formula is C15H19NO2. The number of carboxylic acid groups (broad SMARTS) is 1. The van der Waals surface area contributed by atoms with Gasteiger partial charge in [-0.1, -0.05) is 39.0 Å². The quantitative estimate of drug-likeness (QED) is 0.898. The van der Waals surface area contributed by atoms with E-state index >= 15 is 0 Å². The first-order valence-corrected chi connectivity index (χ1v) is 6.32. The first-order valence-electron chi connectivity index (χ1n) is 6.32. The highest BCUT2D eigenvalue weighted by Crippen LogP contribution is 2.33. The Labute approximate surface area is 107 Å². The monoisotopic (exact) mass is 245 g/mol. The van der Waals surface area contributed by atoms with Gasteiger partial charge in [-0.15, -0.1) is 0 Å². The fraction of sp³-hybridized carbons (Fsp3) is 0.400. The number of benzene rings is 1. The number of rotatable bonds is 3. The van der Waals surface area contributed by atoms with Crippen LogP contribution in [0.15, 0.2) is 18.2 Å². The van der Waals surface area contributed by atoms with Gasteiger partial charge in [-0.2, -0.15) is 0 Å². The summed E-state index contributed by atoms with van der Waals surface area (Å²) in [5.41, 5.74) is 3.61. The SMILES string of the molecule is CCc1cccc2c(C(C)C)c(C(=O)O)n(C)c12. The first kappa shape index (κ1) is 12.7. The molecule has 0 spiro atoms. The predicted molar refractivity (Wildman–Crippen MR) is 73.3 cm³/mol. The van der Waals surface area contributed by atoms with Crippen LogP contribution in [0.2, 0.25) is 0 Å². The van der Waals surface area contributed by atoms with Gasteiger partial charge < -0.3 is 9.67 Å². The molecule has 0 unspecified atom stereocenters. The molecule has 0 aliphatic rings. The lowest BCUT2D eigenvalue weighted by molar-refractivity contribution is 0.0685. The zero-order chi connectivity index (χ0) is 13.4. The summed E-state index contributed by atoms with van der Waals surface area (Å²) in [6.07, 6.45) is 0.909. The molecule has 0 aliphatic heterocycles. The van der Waals surface area contributed by atoms with E-state index in [-0.39, 0.29) is 5.92 Å². The Bertz CT molecular complexity index is 608. The second-order valence-electron chi connectivity index (χ2n) is 4.95. The molecule has 2 aromatic rings. The largest absolute Gasteiger partial charge is 0.477 e. The minimum atomic E-state index is -0.848. The highest BCUT2D eigenvalue weighted by molar-refractivity contribution is 5.99. The molecule has 1 aromatic heterocycles. The molecule has 18 heavy (non-hydrogen) atoms. The van der Waals surface area contributed by atoms with Gasteiger partial charge in [0.1, 0.15) is 5.69 Å². The molecule has 0 aliphatic carbocycles. The highest BCUT2D eigenvalue weighted by Gasteiger charge is 2.23. The van der Waals surface area contributed by atoms with Crippen LogP contribution in [0.5, 0.6) is 0 Å². The second-order valence-corrected chi connectivity index (χ2v) is 4.95. The van der Waals surface area contributed by atoms with Crippen LogP contribution < -0.4 is 0 Å². The predicted octanol–water partition coefficient (Wildman–Crippen LogP) is 3.56. The Morgan fingerprint density at radius 1 is 1.39 bits per heavy atom. The average molecular weight is 245 g/mol. The molecule has 0 atom stereocenters. The Morgan fingerprint density at radius 2 is 2.06 bits per heavy atom. The summed E-state index contributed by atoms with van der Waals surface area (Å²) < 4.78 is 1.83. The molecule has 96 valence electrons. The van der Waals surface area contributed by atoms with Gasteiger partial charge in [-0.25, -0.2) is 4.79 Å². The van der Waals surface area contributed by atoms with E-state index in [4.69, 9.17) is 0 Å². The molecule has 0 amide bonds. The van der Waals surface area contributed by atoms with Gasteiger partial charge >= 0.3 is 5.97 Å². The number of fused-ring (bicyclic) bond motifs is 1. The van der Waals surface area contributed by atoms with E-state index in [0.29, 0.717) is 5.69 Å². The molecule has 3 nitrogen and oxygen atoms in total. The fourth-order valence-electron chi connectivity index (χ4n) is 2.75. The van der Waals surface area contributed by atoms with Crippen molar-refractivity contribution in [3.05, 3.63) is 35.0 Å². The Balaban J connectivity index is 2.96. The van der Waals surface area contributed by atoms with Crippen molar-refractivity contribution in [2.24, 2.45) is 7.05 Å². The van der Waals surface area contributed by atoms with E-state index in [1.54, 1.807) is 0 Å². The van der Waals surface area contributed by atoms with E-state index in [9.17, 15) is 9.90 Å². The van der Waals surface area contributed by atoms with E-state index in [1.165, 1.54) is 5.56 Å². The molecule has 1 aromatic carbocycles. The number of carboxylic acids is 1. The fourth-order valence-corrected chi connectivity index (χ4v) is 2.75. The van der Waals surface area contributed by atoms with Gasteiger partial charge in [-0.3, -0.25) is 0 Å². The second kappa shape index (κ2) is 4.48. The topological polar surface area (TPSA) is 42.2 Å². The summed E-state index contributed by atoms with van der Waals surface area (Å²) in [6, 6.07) is 6.10. The van der Waals surface area contributed by atoms with E-state index < -0.39 is 5.97 Å². The minimum Gasteiger partial charge on any atom is -0.477 e. The van der Waals surface area contributed by atoms with Crippen molar-refractivity contribution in [1.29, 1.82) is 0 Å². The summed E-state index contributed by atoms with van der Waals surface area (Å²) in [5.74, 6) is -0.647. The normalized spacial score (nSPS) is 11.4. The van der Waals surface area contributed by atoms with Gasteiger partial charge in [0.05, 0.1) is 5.52 Å². The Morgan fingerprint density at radius 3 is 2.56 bits per heavy atom. The third-order valence-electron chi connectivity index (χ3n) is 3.50. The van der Waals surface area contributed by atoms with Gasteiger partial charge in [-0.05, 0) is 23.5 Å². The Hall–Kier alpha value is -1.77. The standard InChI is InChI=1S/C15H19NO2/c1-5-10-7-6-8-11-12(9(2)3)14(15(17)18)16(4)13(10)11/h6-9H,5H2,1-4H3,(H,17,18). The van der Waals surface area contributed by atoms with Crippen molar-refractivity contribution in [1.82, 2.24) is 4.57 Å². The number of aromatic nitrogens is 1. The van der Waals surface area contributed by atoms with Crippen molar-refractivity contribution >= 4 is 16.9 Å². The summed E-state index contributed by atoms with van der Waals surface area (Å²) in [6.45, 7) is 6.18. The highest BCUT2D eigenvalue weighted by atomic mass is 16.4. The van der Waals surface area contributed by atoms with Crippen LogP contribution in [-0.4, -0.2) is 15.6 Å². The van der Waals surface area contributed by atoms with Gasteiger partial charge in [0.15, 0.2) is 0 Å². The molecule has 0 fully saturated rings. The van der Waals surface area contributed by atoms with Crippen molar-refractivity contribution in [3.8, 4) is 0 Å². The van der Waals surface area contributed by atoms with Crippen LogP contribution in [0.4, 0.5) is 0 Å². The average Bonchev–Trinajstić information content (AvgIpc) is 2.63. The zero-order valence-electron chi connectivity index (χ0n) is 11.3. The smallest absolute Gasteiger partial charge is 0.352 e. The number of aromatic carboxylic acids is 1. The number of hydrogen-bond acceptors (Lipinski definition) is 1. The Kier molecular flexibility index (Phi) is 3.16. The number of carbonyl (C=O) groups is 1. The van der Waals surface area contributed by atoms with Gasteiger partial charge in [0.2, 0.25) is 0 Å². The van der Waals surface area contributed by atoms with Crippen LogP contribution in [0.1, 0.15) is 48.3 Å². The lowest BCUT2D eigenvalue weighted by Gasteiger charge is -2.06. The third kappa shape index (κ3) is 1.70. The van der Waals surface area contributed by atoms with E-state index in [0.717, 1.165) is 22.9 Å². The van der Waals surface area contributed by atoms with Crippen molar-refractivity contribution in [2.75, 3.05) is 0 Å². The molecule has 0 bridgehead atoms. The first-order chi connectivity index (χ1) is 8.49. The maximum atomic E-state index is 11.5. The minimum absolute atomic E-state index is 0.201. The van der Waals surface area contributed by atoms with Crippen molar-refractivity contribution in [2.45, 2.75) is 33.1 Å². The lowest BCUT2D eigenvalue weighted by Crippen LogP contribution is -2.08. The molecular weight excluding hydrogens is 226 g/mol. The summed E-state index contributed by atoms with van der Waals surface area (Å²) in [5, 5.41) is 10.5. The maximum Gasteiger partial charge on any atom is 0.352 e. The molecule has 0 saturated carbocycles. The van der Waals surface area contributed by atoms with Crippen LogP contribution >= 0.6 is 0 Å². The summed E-state index contributed by atoms with van der Waals surface area (Å²) >= 11 is 0. The van der Waals surface area contributed by atoms with Gasteiger partial charge in [0.25, 0.3) is 0 Å². The summed E-state index contributed by atoms with van der Waals surface area (Å²) in [7, 11) is 1.84. The number of para-hydroxylation sites is 1. The molecule has 1 heterocycles. The molecule has 1 N–H and O–H groups in total. The molecule has 0 saturated heterocycles. The number of aryl methyl sites for hydroxylation is 2. The molecule has 0 radical (unpaired) electrons. The van der Waals surface area contributed by atoms with Crippen molar-refractivity contribution in [3.63, 3.8) is 0 Å². The summed E-state index contributed by atoms with van der Waals surface area (Å²) in [4.78, 5) is 11.5. The van der Waals surface area contributed by atoms with E-state index in [1.807, 2.05) is 37.6 Å². The third-order valence-corrected chi connectivity index (χ3v) is 3.50. The van der Waals surface area contributed by atoms with E-state index in [2.05, 4.69) is 13.0 Å². The number of hydrogen-bond donors (Lipinski definition) is 1. The lowest BCUT2D eigenvalue weighted by atomic mass is 9.98. The maximum absolute atomic E-state index is 11.5. The molecule has 2 rings (SSSR count). The number of nitrogens with zero attached hydrogens (tertiary/aromatic N) is 1.